The highest BCUT2D eigenvalue weighted by molar-refractivity contribution is 4.98. The number of rotatable bonds is 3. The molecule has 0 heterocycles. The second-order valence-corrected chi connectivity index (χ2v) is 2.64. The Balaban J connectivity index is 3.47. The van der Waals surface area contributed by atoms with Crippen LogP contribution in [-0.2, 0) is 0 Å². The maximum Gasteiger partial charge on any atom is 0.0686 e. The first-order chi connectivity index (χ1) is 4.20. The summed E-state index contributed by atoms with van der Waals surface area (Å²) in [7, 11) is 1.90. The lowest BCUT2D eigenvalue weighted by Crippen LogP contribution is -2.24. The van der Waals surface area contributed by atoms with Gasteiger partial charge in [-0.2, -0.15) is 0 Å². The molecule has 52 valence electrons. The normalized spacial score (nSPS) is 13.2. The summed E-state index contributed by atoms with van der Waals surface area (Å²) in [4.78, 5) is 0. The number of nitrogens with one attached hydrogen (secondary N) is 1. The van der Waals surface area contributed by atoms with Crippen molar-refractivity contribution in [2.24, 2.45) is 5.92 Å². The Morgan fingerprint density at radius 3 is 2.22 bits per heavy atom. The second-order valence-electron chi connectivity index (χ2n) is 2.64. The fourth-order valence-electron chi connectivity index (χ4n) is 0.741. The Hall–Kier alpha value is -0.480. The lowest BCUT2D eigenvalue weighted by molar-refractivity contribution is 0.509. The zero-order chi connectivity index (χ0) is 7.28. The van der Waals surface area contributed by atoms with Gasteiger partial charge < -0.3 is 5.32 Å². The smallest absolute Gasteiger partial charge is 0.0686 e. The van der Waals surface area contributed by atoms with Crippen molar-refractivity contribution in [3.05, 3.63) is 0 Å². The Morgan fingerprint density at radius 1 is 1.56 bits per heavy atom. The molecule has 0 aliphatic heterocycles. The first kappa shape index (κ1) is 8.52. The molecule has 0 radical (unpaired) electrons. The van der Waals surface area contributed by atoms with Crippen molar-refractivity contribution in [3.63, 3.8) is 0 Å². The van der Waals surface area contributed by atoms with Crippen LogP contribution in [0.2, 0.25) is 0 Å². The summed E-state index contributed by atoms with van der Waals surface area (Å²) in [6.45, 7) is 4.34. The van der Waals surface area contributed by atoms with Gasteiger partial charge in [0, 0.05) is 0 Å². The molecule has 0 aliphatic carbocycles. The summed E-state index contributed by atoms with van der Waals surface area (Å²) in [5.41, 5.74) is 0. The summed E-state index contributed by atoms with van der Waals surface area (Å²) in [6.07, 6.45) is 6.28. The predicted octanol–water partition coefficient (Wildman–Crippen LogP) is 1.25. The van der Waals surface area contributed by atoms with E-state index in [2.05, 4.69) is 25.1 Å². The van der Waals surface area contributed by atoms with Gasteiger partial charge in [0.2, 0.25) is 0 Å². The van der Waals surface area contributed by atoms with Crippen LogP contribution in [0.5, 0.6) is 0 Å². The van der Waals surface area contributed by atoms with E-state index < -0.39 is 0 Å². The van der Waals surface area contributed by atoms with Crippen LogP contribution in [0.25, 0.3) is 0 Å². The van der Waals surface area contributed by atoms with Crippen molar-refractivity contribution in [1.82, 2.24) is 5.32 Å². The topological polar surface area (TPSA) is 12.0 Å². The van der Waals surface area contributed by atoms with E-state index in [-0.39, 0.29) is 6.04 Å². The molecule has 0 aromatic carbocycles. The molecule has 1 atom stereocenters. The highest BCUT2D eigenvalue weighted by atomic mass is 14.8. The fourth-order valence-corrected chi connectivity index (χ4v) is 0.741. The maximum atomic E-state index is 5.22. The van der Waals surface area contributed by atoms with E-state index in [4.69, 9.17) is 6.42 Å². The molecular formula is C8H15N. The van der Waals surface area contributed by atoms with Crippen molar-refractivity contribution >= 4 is 0 Å². The quantitative estimate of drug-likeness (QED) is 0.560. The van der Waals surface area contributed by atoms with Crippen molar-refractivity contribution < 1.29 is 0 Å². The lowest BCUT2D eigenvalue weighted by atomic mass is 10.1. The van der Waals surface area contributed by atoms with Crippen LogP contribution in [0.1, 0.15) is 20.3 Å². The molecule has 9 heavy (non-hydrogen) atoms. The van der Waals surface area contributed by atoms with E-state index in [1.54, 1.807) is 0 Å². The Kier molecular flexibility index (Phi) is 4.17. The molecule has 0 saturated heterocycles. The number of terminal acetylenes is 1. The summed E-state index contributed by atoms with van der Waals surface area (Å²) in [5.74, 6) is 3.35. The Bertz CT molecular complexity index is 99.6. The van der Waals surface area contributed by atoms with Gasteiger partial charge in [-0.05, 0) is 19.4 Å². The molecule has 1 heteroatoms. The molecule has 0 fully saturated rings. The van der Waals surface area contributed by atoms with E-state index in [0.717, 1.165) is 6.42 Å². The lowest BCUT2D eigenvalue weighted by Gasteiger charge is -2.10. The van der Waals surface area contributed by atoms with Gasteiger partial charge >= 0.3 is 0 Å². The third-order valence-electron chi connectivity index (χ3n) is 1.26. The van der Waals surface area contributed by atoms with Crippen molar-refractivity contribution in [2.75, 3.05) is 7.05 Å². The summed E-state index contributed by atoms with van der Waals surface area (Å²) < 4.78 is 0. The van der Waals surface area contributed by atoms with Gasteiger partial charge in [-0.3, -0.25) is 0 Å². The van der Waals surface area contributed by atoms with Crippen LogP contribution in [0, 0.1) is 18.3 Å². The Labute approximate surface area is 57.8 Å². The van der Waals surface area contributed by atoms with Gasteiger partial charge in [-0.25, -0.2) is 0 Å². The van der Waals surface area contributed by atoms with E-state index in [1.165, 1.54) is 0 Å². The van der Waals surface area contributed by atoms with Gasteiger partial charge in [-0.15, -0.1) is 6.42 Å². The average molecular weight is 125 g/mol. The standard InChI is InChI=1S/C8H15N/c1-5-8(9-4)6-7(2)3/h1,7-9H,6H2,2-4H3/t8-/m1/s1. The molecule has 0 rings (SSSR count). The molecule has 1 N–H and O–H groups in total. The predicted molar refractivity (Wildman–Crippen MR) is 41.1 cm³/mol. The zero-order valence-corrected chi connectivity index (χ0v) is 6.44. The van der Waals surface area contributed by atoms with Crippen LogP contribution in [-0.4, -0.2) is 13.1 Å². The van der Waals surface area contributed by atoms with Crippen molar-refractivity contribution in [2.45, 2.75) is 26.3 Å². The third kappa shape index (κ3) is 4.05. The van der Waals surface area contributed by atoms with E-state index in [9.17, 15) is 0 Å². The largest absolute Gasteiger partial charge is 0.307 e. The first-order valence-electron chi connectivity index (χ1n) is 3.34. The molecule has 0 aromatic rings. The van der Waals surface area contributed by atoms with Gasteiger partial charge in [0.1, 0.15) is 0 Å². The molecular weight excluding hydrogens is 110 g/mol. The molecule has 0 saturated carbocycles. The highest BCUT2D eigenvalue weighted by Gasteiger charge is 2.02. The minimum absolute atomic E-state index is 0.255. The van der Waals surface area contributed by atoms with E-state index >= 15 is 0 Å². The summed E-state index contributed by atoms with van der Waals surface area (Å²) >= 11 is 0. The van der Waals surface area contributed by atoms with Gasteiger partial charge in [0.05, 0.1) is 6.04 Å². The van der Waals surface area contributed by atoms with Crippen LogP contribution < -0.4 is 5.32 Å². The minimum atomic E-state index is 0.255. The van der Waals surface area contributed by atoms with Crippen molar-refractivity contribution in [3.8, 4) is 12.3 Å². The minimum Gasteiger partial charge on any atom is -0.307 e. The van der Waals surface area contributed by atoms with Crippen LogP contribution in [0.4, 0.5) is 0 Å². The molecule has 0 aromatic heterocycles. The number of hydrogen-bond donors (Lipinski definition) is 1. The molecule has 0 unspecified atom stereocenters. The average Bonchev–Trinajstić information content (AvgIpc) is 1.82. The van der Waals surface area contributed by atoms with E-state index in [0.29, 0.717) is 5.92 Å². The van der Waals surface area contributed by atoms with Gasteiger partial charge in [0.25, 0.3) is 0 Å². The summed E-state index contributed by atoms with van der Waals surface area (Å²) in [6, 6.07) is 0.255. The maximum absolute atomic E-state index is 5.22. The Morgan fingerprint density at radius 2 is 2.11 bits per heavy atom. The molecule has 0 aliphatic rings. The summed E-state index contributed by atoms with van der Waals surface area (Å²) in [5, 5.41) is 3.05. The highest BCUT2D eigenvalue weighted by Crippen LogP contribution is 2.02. The fraction of sp³-hybridized carbons (Fsp3) is 0.750. The molecule has 0 bridgehead atoms. The molecule has 0 amide bonds. The van der Waals surface area contributed by atoms with Gasteiger partial charge in [-0.1, -0.05) is 19.8 Å². The molecule has 1 nitrogen and oxygen atoms in total. The van der Waals surface area contributed by atoms with Crippen LogP contribution in [0.3, 0.4) is 0 Å². The number of hydrogen-bond acceptors (Lipinski definition) is 1. The van der Waals surface area contributed by atoms with Crippen LogP contribution in [0.15, 0.2) is 0 Å². The molecule has 0 spiro atoms. The zero-order valence-electron chi connectivity index (χ0n) is 6.44. The SMILES string of the molecule is C#C[C@H](CC(C)C)NC. The second kappa shape index (κ2) is 4.40. The third-order valence-corrected chi connectivity index (χ3v) is 1.26. The van der Waals surface area contributed by atoms with Gasteiger partial charge in [0.15, 0.2) is 0 Å². The monoisotopic (exact) mass is 125 g/mol. The van der Waals surface area contributed by atoms with Crippen molar-refractivity contribution in [1.29, 1.82) is 0 Å². The first-order valence-corrected chi connectivity index (χ1v) is 3.34. The van der Waals surface area contributed by atoms with E-state index in [1.807, 2.05) is 7.05 Å². The van der Waals surface area contributed by atoms with Crippen LogP contribution >= 0.6 is 0 Å².